The maximum Gasteiger partial charge on any atom is 0.305 e. The summed E-state index contributed by atoms with van der Waals surface area (Å²) in [5.41, 5.74) is 6.47. The van der Waals surface area contributed by atoms with Gasteiger partial charge in [-0.05, 0) is 106 Å². The van der Waals surface area contributed by atoms with Crippen LogP contribution in [0.5, 0.6) is 11.5 Å². The maximum atomic E-state index is 14.7. The molecule has 17 atom stereocenters. The molecule has 1 aliphatic rings. The van der Waals surface area contributed by atoms with E-state index in [2.05, 4.69) is 79.8 Å². The number of carboxylic acids is 3. The number of imide groups is 1. The zero-order valence-corrected chi connectivity index (χ0v) is 74.6. The zero-order chi connectivity index (χ0) is 98.8. The Kier molecular flexibility index (Phi) is 47.7. The van der Waals surface area contributed by atoms with Crippen LogP contribution in [0, 0.1) is 11.8 Å². The molecule has 1 heterocycles. The SMILES string of the molecule is CC[C@H](C)[C@H](NC(=O)[C@H](CO)NC(=O)[C@H](Cc1ccc(O)cc1)NC(=O)[C@H](CC(=O)O)NC(=O)[C@H](CO)NC(=O)[C@@H](NC(=O)[C@H](Cc1ccccc1)NC(=O)[C@@H](NC(=O)CNC(=O)[C@H](CCC(=O)O)NC(=O)CSCC(=O)NCCN1C(=O)C[C@@H](O)C1=O)[C@@H](C)O)[C@@H](C)O)C(=O)N[C@@H](Cc1ccc(O)cc1)C(=O)N[C@@H](CC(C)C)C(=O)N[C@@H](CC(=O)O)C(=O)N[C@H](C)CCCCN. The van der Waals surface area contributed by atoms with E-state index >= 15 is 0 Å². The van der Waals surface area contributed by atoms with Crippen LogP contribution in [-0.4, -0.2) is 322 Å². The molecule has 47 nitrogen and oxygen atoms in total. The molecule has 0 spiro atoms. The van der Waals surface area contributed by atoms with E-state index in [-0.39, 0.29) is 61.1 Å². The molecule has 3 aromatic rings. The summed E-state index contributed by atoms with van der Waals surface area (Å²) in [5, 5.41) is 137. The number of aromatic hydroxyl groups is 2. The number of benzene rings is 3. The molecule has 0 bridgehead atoms. The topological polar surface area (TPSA) is 753 Å². The Hall–Kier alpha value is -13.0. The first-order valence-corrected chi connectivity index (χ1v) is 43.5. The Balaban J connectivity index is 1.52. The van der Waals surface area contributed by atoms with Crippen LogP contribution in [0.3, 0.4) is 0 Å². The second-order valence-corrected chi connectivity index (χ2v) is 32.9. The van der Waals surface area contributed by atoms with E-state index in [1.165, 1.54) is 79.7 Å². The molecule has 3 aromatic carbocycles. The number of rotatable bonds is 59. The number of thioether (sulfide) groups is 1. The summed E-state index contributed by atoms with van der Waals surface area (Å²) in [4.78, 5) is 270. The highest BCUT2D eigenvalue weighted by molar-refractivity contribution is 8.00. The third-order valence-electron chi connectivity index (χ3n) is 20.4. The highest BCUT2D eigenvalue weighted by atomic mass is 32.2. The van der Waals surface area contributed by atoms with Crippen LogP contribution in [0.1, 0.15) is 129 Å². The van der Waals surface area contributed by atoms with Crippen molar-refractivity contribution in [3.05, 3.63) is 95.6 Å². The van der Waals surface area contributed by atoms with E-state index in [0.717, 1.165) is 30.5 Å². The maximum absolute atomic E-state index is 14.7. The molecular weight excluding hydrogens is 1760 g/mol. The number of nitrogens with zero attached hydrogens (tertiary/aromatic N) is 1. The van der Waals surface area contributed by atoms with Crippen LogP contribution in [0.15, 0.2) is 78.9 Å². The van der Waals surface area contributed by atoms with E-state index in [1.54, 1.807) is 33.8 Å². The fourth-order valence-electron chi connectivity index (χ4n) is 13.0. The van der Waals surface area contributed by atoms with Crippen molar-refractivity contribution in [3.8, 4) is 11.5 Å². The summed E-state index contributed by atoms with van der Waals surface area (Å²) in [5.74, 6) is -25.5. The minimum atomic E-state index is -2.24. The van der Waals surface area contributed by atoms with Crippen LogP contribution < -0.4 is 85.5 Å². The number of nitrogens with one attached hydrogen (secondary N) is 15. The molecule has 0 saturated carbocycles. The number of aliphatic carboxylic acids is 3. The molecule has 4 rings (SSSR count). The minimum absolute atomic E-state index is 0.0828. The van der Waals surface area contributed by atoms with Crippen LogP contribution in [0.25, 0.3) is 0 Å². The van der Waals surface area contributed by atoms with Crippen LogP contribution in [0.2, 0.25) is 0 Å². The zero-order valence-electron chi connectivity index (χ0n) is 73.8. The quantitative estimate of drug-likeness (QED) is 0.0184. The fraction of sp³-hybridized carbons (Fsp3) is 0.548. The van der Waals surface area contributed by atoms with Gasteiger partial charge in [-0.15, -0.1) is 11.8 Å². The second-order valence-electron chi connectivity index (χ2n) is 31.9. The number of carbonyl (C=O) groups excluding carboxylic acids is 17. The Bertz CT molecular complexity index is 4480. The fourth-order valence-corrected chi connectivity index (χ4v) is 13.7. The molecule has 1 saturated heterocycles. The number of amides is 17. The Labute approximate surface area is 762 Å². The summed E-state index contributed by atoms with van der Waals surface area (Å²) < 4.78 is 0. The van der Waals surface area contributed by atoms with Crippen molar-refractivity contribution >= 4 is 130 Å². The number of carbonyl (C=O) groups is 20. The number of likely N-dealkylation sites (tertiary alicyclic amines) is 1. The van der Waals surface area contributed by atoms with Gasteiger partial charge in [-0.1, -0.05) is 95.1 Å². The number of carboxylic acid groups (broad SMARTS) is 3. The van der Waals surface area contributed by atoms with Crippen LogP contribution in [0.4, 0.5) is 0 Å². The number of aliphatic hydroxyl groups is 5. The molecular formula is C84H121N17O30S. The summed E-state index contributed by atoms with van der Waals surface area (Å²) in [7, 11) is 0. The lowest BCUT2D eigenvalue weighted by atomic mass is 9.96. The largest absolute Gasteiger partial charge is 0.508 e. The lowest BCUT2D eigenvalue weighted by Crippen LogP contribution is -2.63. The minimum Gasteiger partial charge on any atom is -0.508 e. The van der Waals surface area contributed by atoms with Crippen LogP contribution >= 0.6 is 11.8 Å². The Morgan fingerprint density at radius 2 is 0.848 bits per heavy atom. The van der Waals surface area contributed by atoms with E-state index < -0.39 is 292 Å². The normalized spacial score (nSPS) is 16.0. The molecule has 0 radical (unpaired) electrons. The first-order valence-electron chi connectivity index (χ1n) is 42.4. The van der Waals surface area contributed by atoms with Gasteiger partial charge in [-0.2, -0.15) is 0 Å². The van der Waals surface area contributed by atoms with Gasteiger partial charge in [0.1, 0.15) is 90.1 Å². The van der Waals surface area contributed by atoms with Crippen molar-refractivity contribution in [1.29, 1.82) is 0 Å². The van der Waals surface area contributed by atoms with Gasteiger partial charge in [0.2, 0.25) is 94.5 Å². The summed E-state index contributed by atoms with van der Waals surface area (Å²) in [6, 6.07) is -4.52. The van der Waals surface area contributed by atoms with Crippen molar-refractivity contribution < 1.29 is 147 Å². The van der Waals surface area contributed by atoms with Gasteiger partial charge in [0.25, 0.3) is 5.91 Å². The third-order valence-corrected chi connectivity index (χ3v) is 21.3. The number of phenols is 2. The monoisotopic (exact) mass is 1880 g/mol. The van der Waals surface area contributed by atoms with Crippen molar-refractivity contribution in [2.75, 3.05) is 50.9 Å². The predicted octanol–water partition coefficient (Wildman–Crippen LogP) is -7.68. The smallest absolute Gasteiger partial charge is 0.305 e. The van der Waals surface area contributed by atoms with Gasteiger partial charge in [-0.3, -0.25) is 101 Å². The average molecular weight is 1880 g/mol. The van der Waals surface area contributed by atoms with Crippen LogP contribution in [-0.2, 0) is 115 Å². The van der Waals surface area contributed by atoms with Gasteiger partial charge in [0.15, 0.2) is 0 Å². The van der Waals surface area contributed by atoms with Gasteiger partial charge in [-0.25, -0.2) is 0 Å². The molecule has 48 heteroatoms. The average Bonchev–Trinajstić information content (AvgIpc) is 1.30. The Morgan fingerprint density at radius 1 is 0.439 bits per heavy atom. The standard InChI is InChI=1S/C84H121N17O30S/c1-8-43(4)69(81(128)94-55(33-49-19-23-51(107)24-20-49)75(122)90-53(30-42(2)3)74(121)92-57(34-67(115)116)73(120)88-44(5)14-12-13-27-85)99-80(127)60(39-103)96-76(123)54(32-48-17-21-50(106)22-18-48)91-77(124)58(35-68(117)118)93-79(126)59(38-102)97-83(130)71(46(7)105)100-78(125)56(31-47-15-10-9-11-16-47)95-82(129)70(45(6)104)98-62(109)37-87-72(119)52(25-26-66(113)114)89-64(111)41-132-40-63(110)86-28-29-101-65(112)36-61(108)84(101)131/h9-11,15-24,42-46,52-61,69-71,102-108H,8,12-14,25-41,85H2,1-7H3,(H,86,110)(H,87,119)(H,88,120)(H,89,111)(H,90,122)(H,91,124)(H,92,121)(H,93,126)(H,94,128)(H,95,129)(H,96,123)(H,97,130)(H,98,109)(H,99,127)(H,100,125)(H,113,114)(H,115,116)(H,117,118)/t43-,44+,45+,46+,52-,53-,54-,55-,56-,57-,58-,59-,60-,61+,69-,70-,71-/m0/s1. The number of aliphatic hydroxyl groups excluding tert-OH is 5. The van der Waals surface area contributed by atoms with Crippen molar-refractivity contribution in [2.45, 2.75) is 229 Å². The number of phenolic OH excluding ortho intramolecular Hbond substituents is 2. The second kappa shape index (κ2) is 56.5. The molecule has 1 fully saturated rings. The lowest BCUT2D eigenvalue weighted by Gasteiger charge is -2.30. The molecule has 1 aliphatic heterocycles. The first-order chi connectivity index (χ1) is 62.3. The van der Waals surface area contributed by atoms with Crippen molar-refractivity contribution in [2.24, 2.45) is 17.6 Å². The molecule has 728 valence electrons. The number of nitrogens with two attached hydrogens (primary N) is 1. The molecule has 27 N–H and O–H groups in total. The summed E-state index contributed by atoms with van der Waals surface area (Å²) in [6.07, 6.45) is -8.42. The molecule has 0 aromatic heterocycles. The molecule has 132 heavy (non-hydrogen) atoms. The molecule has 17 amide bonds. The van der Waals surface area contributed by atoms with Gasteiger partial charge in [0.05, 0.1) is 62.7 Å². The predicted molar refractivity (Wildman–Crippen MR) is 466 cm³/mol. The highest BCUT2D eigenvalue weighted by Gasteiger charge is 2.41. The molecule has 0 unspecified atom stereocenters. The van der Waals surface area contributed by atoms with E-state index in [1.807, 2.05) is 0 Å². The van der Waals surface area contributed by atoms with Gasteiger partial charge < -0.3 is 137 Å². The highest BCUT2D eigenvalue weighted by Crippen LogP contribution is 2.19. The van der Waals surface area contributed by atoms with Crippen molar-refractivity contribution in [1.82, 2.24) is 84.7 Å². The van der Waals surface area contributed by atoms with Crippen molar-refractivity contribution in [3.63, 3.8) is 0 Å². The van der Waals surface area contributed by atoms with E-state index in [0.29, 0.717) is 36.9 Å². The first kappa shape index (κ1) is 111. The van der Waals surface area contributed by atoms with E-state index in [9.17, 15) is 147 Å². The van der Waals surface area contributed by atoms with Gasteiger partial charge in [0, 0.05) is 44.8 Å². The van der Waals surface area contributed by atoms with Gasteiger partial charge >= 0.3 is 17.9 Å². The Morgan fingerprint density at radius 3 is 1.31 bits per heavy atom. The van der Waals surface area contributed by atoms with E-state index in [4.69, 9.17) is 5.73 Å². The summed E-state index contributed by atoms with van der Waals surface area (Å²) >= 11 is 0.756. The number of hydrogen-bond acceptors (Lipinski definition) is 29. The lowest BCUT2D eigenvalue weighted by molar-refractivity contribution is -0.142. The number of unbranched alkanes of at least 4 members (excludes halogenated alkanes) is 1. The summed E-state index contributed by atoms with van der Waals surface area (Å²) in [6.45, 7) is 6.69. The number of hydrogen-bond donors (Lipinski definition) is 26. The third kappa shape index (κ3) is 39.3. The molecule has 0 aliphatic carbocycles.